The normalized spacial score (nSPS) is 14.8. The summed E-state index contributed by atoms with van der Waals surface area (Å²) in [5.41, 5.74) is 2.19. The molecule has 34 heavy (non-hydrogen) atoms. The van der Waals surface area contributed by atoms with Crippen LogP contribution in [0.4, 0.5) is 8.78 Å². The molecule has 0 spiro atoms. The van der Waals surface area contributed by atoms with Gasteiger partial charge in [0.1, 0.15) is 11.6 Å². The van der Waals surface area contributed by atoms with Gasteiger partial charge in [-0.05, 0) is 48.0 Å². The Morgan fingerprint density at radius 1 is 1.03 bits per heavy atom. The predicted octanol–water partition coefficient (Wildman–Crippen LogP) is 4.82. The van der Waals surface area contributed by atoms with Gasteiger partial charge >= 0.3 is 0 Å². The van der Waals surface area contributed by atoms with E-state index in [0.717, 1.165) is 5.56 Å². The molecule has 0 radical (unpaired) electrons. The molecule has 0 bridgehead atoms. The highest BCUT2D eigenvalue weighted by Gasteiger charge is 2.29. The molecule has 176 valence electrons. The van der Waals surface area contributed by atoms with Crippen LogP contribution in [-0.4, -0.2) is 43.4 Å². The summed E-state index contributed by atoms with van der Waals surface area (Å²) >= 11 is 0. The van der Waals surface area contributed by atoms with E-state index in [1.165, 1.54) is 35.2 Å². The van der Waals surface area contributed by atoms with Gasteiger partial charge in [-0.2, -0.15) is 0 Å². The van der Waals surface area contributed by atoms with Gasteiger partial charge in [0, 0.05) is 18.5 Å². The smallest absolute Gasteiger partial charge is 0.257 e. The summed E-state index contributed by atoms with van der Waals surface area (Å²) < 4.78 is 38.3. The first-order valence-electron chi connectivity index (χ1n) is 10.7. The van der Waals surface area contributed by atoms with Crippen molar-refractivity contribution in [2.45, 2.75) is 19.1 Å². The fraction of sp³-hybridized carbons (Fsp3) is 0.231. The van der Waals surface area contributed by atoms with E-state index in [-0.39, 0.29) is 24.5 Å². The van der Waals surface area contributed by atoms with Crippen LogP contribution in [0.3, 0.4) is 0 Å². The molecule has 6 nitrogen and oxygen atoms in total. The van der Waals surface area contributed by atoms with E-state index >= 15 is 0 Å². The zero-order valence-electron chi connectivity index (χ0n) is 18.8. The SMILES string of the molecule is COc1ccc(C2=NOC(CN(Cc3ccc(F)cc3)C(=O)c3ccccc3F)C2)cc1OC. The Morgan fingerprint density at radius 3 is 2.47 bits per heavy atom. The van der Waals surface area contributed by atoms with Crippen LogP contribution in [0.2, 0.25) is 0 Å². The molecule has 1 atom stereocenters. The van der Waals surface area contributed by atoms with Crippen molar-refractivity contribution in [3.05, 3.63) is 95.1 Å². The van der Waals surface area contributed by atoms with Crippen molar-refractivity contribution < 1.29 is 27.9 Å². The Morgan fingerprint density at radius 2 is 1.76 bits per heavy atom. The molecule has 1 aliphatic rings. The van der Waals surface area contributed by atoms with Crippen LogP contribution in [0.15, 0.2) is 71.9 Å². The van der Waals surface area contributed by atoms with Crippen molar-refractivity contribution >= 4 is 11.6 Å². The number of ether oxygens (including phenoxy) is 2. The minimum atomic E-state index is -0.605. The minimum Gasteiger partial charge on any atom is -0.493 e. The topological polar surface area (TPSA) is 60.4 Å². The number of rotatable bonds is 8. The van der Waals surface area contributed by atoms with Gasteiger partial charge in [0.25, 0.3) is 5.91 Å². The summed E-state index contributed by atoms with van der Waals surface area (Å²) in [6, 6.07) is 17.1. The summed E-state index contributed by atoms with van der Waals surface area (Å²) in [5, 5.41) is 4.20. The summed E-state index contributed by atoms with van der Waals surface area (Å²) in [5.74, 6) is -0.290. The van der Waals surface area contributed by atoms with Crippen LogP contribution < -0.4 is 9.47 Å². The van der Waals surface area contributed by atoms with Crippen molar-refractivity contribution in [1.29, 1.82) is 0 Å². The van der Waals surface area contributed by atoms with E-state index in [1.54, 1.807) is 38.5 Å². The lowest BCUT2D eigenvalue weighted by Crippen LogP contribution is -2.37. The second-order valence-electron chi connectivity index (χ2n) is 7.83. The largest absolute Gasteiger partial charge is 0.493 e. The van der Waals surface area contributed by atoms with Crippen LogP contribution >= 0.6 is 0 Å². The van der Waals surface area contributed by atoms with Gasteiger partial charge < -0.3 is 19.2 Å². The Labute approximate surface area is 196 Å². The maximum Gasteiger partial charge on any atom is 0.257 e. The summed E-state index contributed by atoms with van der Waals surface area (Å²) in [4.78, 5) is 20.3. The Hall–Kier alpha value is -3.94. The highest BCUT2D eigenvalue weighted by molar-refractivity contribution is 6.02. The monoisotopic (exact) mass is 466 g/mol. The number of nitrogens with zero attached hydrogens (tertiary/aromatic N) is 2. The van der Waals surface area contributed by atoms with Gasteiger partial charge in [-0.25, -0.2) is 8.78 Å². The average Bonchev–Trinajstić information content (AvgIpc) is 3.33. The molecule has 8 heteroatoms. The molecule has 3 aromatic rings. The summed E-state index contributed by atoms with van der Waals surface area (Å²) in [6.45, 7) is 0.337. The molecular formula is C26H24F2N2O4. The molecule has 1 heterocycles. The number of hydrogen-bond acceptors (Lipinski definition) is 5. The number of oxime groups is 1. The number of carbonyl (C=O) groups excluding carboxylic acids is 1. The fourth-order valence-corrected chi connectivity index (χ4v) is 3.79. The van der Waals surface area contributed by atoms with Gasteiger partial charge in [-0.1, -0.05) is 29.4 Å². The standard InChI is InChI=1S/C26H24F2N2O4/c1-32-24-12-9-18(13-25(24)33-2)23-14-20(34-29-23)16-30(15-17-7-10-19(27)11-8-17)26(31)21-5-3-4-6-22(21)28/h3-13,20H,14-16H2,1-2H3. The minimum absolute atomic E-state index is 0.0383. The molecule has 1 aliphatic heterocycles. The lowest BCUT2D eigenvalue weighted by molar-refractivity contribution is 0.0402. The highest BCUT2D eigenvalue weighted by atomic mass is 19.1. The van der Waals surface area contributed by atoms with Crippen molar-refractivity contribution in [1.82, 2.24) is 4.90 Å². The van der Waals surface area contributed by atoms with E-state index in [4.69, 9.17) is 14.3 Å². The zero-order chi connectivity index (χ0) is 24.1. The summed E-state index contributed by atoms with van der Waals surface area (Å²) in [6.07, 6.45) is 0.0132. The molecule has 1 unspecified atom stereocenters. The number of hydrogen-bond donors (Lipinski definition) is 0. The van der Waals surface area contributed by atoms with Crippen LogP contribution in [-0.2, 0) is 11.4 Å². The van der Waals surface area contributed by atoms with E-state index in [0.29, 0.717) is 29.2 Å². The lowest BCUT2D eigenvalue weighted by atomic mass is 10.0. The Balaban J connectivity index is 1.52. The van der Waals surface area contributed by atoms with Gasteiger partial charge in [-0.3, -0.25) is 4.79 Å². The van der Waals surface area contributed by atoms with Gasteiger partial charge in [-0.15, -0.1) is 0 Å². The zero-order valence-corrected chi connectivity index (χ0v) is 18.8. The van der Waals surface area contributed by atoms with Crippen molar-refractivity contribution in [3.8, 4) is 11.5 Å². The Kier molecular flexibility index (Phi) is 7.06. The number of benzene rings is 3. The van der Waals surface area contributed by atoms with Crippen molar-refractivity contribution in [2.75, 3.05) is 20.8 Å². The van der Waals surface area contributed by atoms with Crippen molar-refractivity contribution in [3.63, 3.8) is 0 Å². The van der Waals surface area contributed by atoms with E-state index in [2.05, 4.69) is 5.16 Å². The van der Waals surface area contributed by atoms with Crippen LogP contribution in [0.5, 0.6) is 11.5 Å². The van der Waals surface area contributed by atoms with Gasteiger partial charge in [0.05, 0.1) is 32.0 Å². The molecule has 4 rings (SSSR count). The van der Waals surface area contributed by atoms with Crippen LogP contribution in [0.1, 0.15) is 27.9 Å². The molecule has 0 aliphatic carbocycles. The molecule has 1 amide bonds. The first-order valence-corrected chi connectivity index (χ1v) is 10.7. The summed E-state index contributed by atoms with van der Waals surface area (Å²) in [7, 11) is 3.12. The van der Waals surface area contributed by atoms with Gasteiger partial charge in [0.15, 0.2) is 17.6 Å². The van der Waals surface area contributed by atoms with E-state index in [1.807, 2.05) is 12.1 Å². The van der Waals surface area contributed by atoms with Crippen LogP contribution in [0, 0.1) is 11.6 Å². The molecule has 0 saturated carbocycles. The number of halogens is 2. The number of carbonyl (C=O) groups is 1. The second kappa shape index (κ2) is 10.3. The highest BCUT2D eigenvalue weighted by Crippen LogP contribution is 2.30. The van der Waals surface area contributed by atoms with Crippen LogP contribution in [0.25, 0.3) is 0 Å². The third-order valence-electron chi connectivity index (χ3n) is 5.55. The third-order valence-corrected chi connectivity index (χ3v) is 5.55. The van der Waals surface area contributed by atoms with Crippen molar-refractivity contribution in [2.24, 2.45) is 5.16 Å². The maximum absolute atomic E-state index is 14.3. The lowest BCUT2D eigenvalue weighted by Gasteiger charge is -2.25. The van der Waals surface area contributed by atoms with E-state index in [9.17, 15) is 13.6 Å². The molecule has 0 saturated heterocycles. The fourth-order valence-electron chi connectivity index (χ4n) is 3.79. The van der Waals surface area contributed by atoms with Gasteiger partial charge in [0.2, 0.25) is 0 Å². The first-order chi connectivity index (χ1) is 16.5. The molecule has 0 aromatic heterocycles. The quantitative estimate of drug-likeness (QED) is 0.478. The molecule has 0 fully saturated rings. The second-order valence-corrected chi connectivity index (χ2v) is 7.83. The van der Waals surface area contributed by atoms with E-state index < -0.39 is 17.8 Å². The maximum atomic E-state index is 14.3. The Bertz CT molecular complexity index is 1200. The average molecular weight is 466 g/mol. The number of methoxy groups -OCH3 is 2. The molecule has 0 N–H and O–H groups in total. The molecule has 3 aromatic carbocycles. The number of amides is 1. The molecular weight excluding hydrogens is 442 g/mol. The third kappa shape index (κ3) is 5.17. The first kappa shape index (κ1) is 23.2. The predicted molar refractivity (Wildman–Crippen MR) is 123 cm³/mol.